The van der Waals surface area contributed by atoms with E-state index in [4.69, 9.17) is 35.6 Å². The highest BCUT2D eigenvalue weighted by Crippen LogP contribution is 2.52. The normalized spacial score (nSPS) is 20.7. The Morgan fingerprint density at radius 3 is 2.33 bits per heavy atom. The molecule has 1 aromatic carbocycles. The number of H-pyrrole nitrogens is 1. The van der Waals surface area contributed by atoms with Crippen molar-refractivity contribution < 1.29 is 32.2 Å². The molecule has 2 aliphatic rings. The van der Waals surface area contributed by atoms with Crippen LogP contribution in [0, 0.1) is 16.3 Å². The topological polar surface area (TPSA) is 94.9 Å². The first kappa shape index (κ1) is 33.5. The quantitative estimate of drug-likeness (QED) is 0.294. The Morgan fingerprint density at radius 2 is 1.74 bits per heavy atom. The lowest BCUT2D eigenvalue weighted by Gasteiger charge is -2.33. The third-order valence-corrected chi connectivity index (χ3v) is 7.42. The summed E-state index contributed by atoms with van der Waals surface area (Å²) in [7, 11) is -0.767. The van der Waals surface area contributed by atoms with Gasteiger partial charge in [0.1, 0.15) is 22.4 Å². The van der Waals surface area contributed by atoms with E-state index in [0.29, 0.717) is 29.7 Å². The van der Waals surface area contributed by atoms with Gasteiger partial charge in [-0.1, -0.05) is 67.6 Å². The van der Waals surface area contributed by atoms with E-state index >= 15 is 4.39 Å². The lowest BCUT2D eigenvalue weighted by Crippen LogP contribution is -2.28. The number of hydrogen-bond acceptors (Lipinski definition) is 7. The van der Waals surface area contributed by atoms with Gasteiger partial charge in [0, 0.05) is 12.7 Å². The SMILES string of the molecule is CC.CC(C)(C)c1cc(C(C)(C)C)c2c(c1F)COP(OCC1CCC(n3cc(F)c(=S)[nH]c3=O)O1)O2.CO. The second-order valence-electron chi connectivity index (χ2n) is 10.9. The molecule has 3 heterocycles. The fraction of sp³-hybridized carbons (Fsp3) is 0.630. The molecule has 3 unspecified atom stereocenters. The van der Waals surface area contributed by atoms with E-state index in [1.54, 1.807) is 0 Å². The van der Waals surface area contributed by atoms with E-state index in [2.05, 4.69) is 25.8 Å². The summed E-state index contributed by atoms with van der Waals surface area (Å²) in [4.78, 5) is 14.4. The summed E-state index contributed by atoms with van der Waals surface area (Å²) in [6, 6.07) is 1.89. The molecule has 1 saturated heterocycles. The zero-order valence-electron chi connectivity index (χ0n) is 24.2. The molecular formula is C27H41F2N2O6PS. The Labute approximate surface area is 235 Å². The van der Waals surface area contributed by atoms with Crippen LogP contribution in [0.1, 0.15) is 91.1 Å². The Balaban J connectivity index is 0.00000127. The van der Waals surface area contributed by atoms with Crippen LogP contribution in [0.15, 0.2) is 17.1 Å². The molecule has 8 nitrogen and oxygen atoms in total. The Kier molecular flexibility index (Phi) is 11.8. The first-order chi connectivity index (χ1) is 18.3. The summed E-state index contributed by atoms with van der Waals surface area (Å²) < 4.78 is 53.7. The van der Waals surface area contributed by atoms with Crippen molar-refractivity contribution in [3.63, 3.8) is 0 Å². The largest absolute Gasteiger partial charge is 0.426 e. The van der Waals surface area contributed by atoms with E-state index in [-0.39, 0.29) is 40.6 Å². The van der Waals surface area contributed by atoms with Crippen LogP contribution in [0.4, 0.5) is 8.78 Å². The number of benzene rings is 1. The van der Waals surface area contributed by atoms with E-state index in [9.17, 15) is 9.18 Å². The maximum atomic E-state index is 15.4. The van der Waals surface area contributed by atoms with E-state index in [1.165, 1.54) is 0 Å². The molecule has 0 amide bonds. The Morgan fingerprint density at radius 1 is 1.13 bits per heavy atom. The van der Waals surface area contributed by atoms with Crippen molar-refractivity contribution in [1.29, 1.82) is 0 Å². The third kappa shape index (κ3) is 7.93. The highest BCUT2D eigenvalue weighted by atomic mass is 32.1. The van der Waals surface area contributed by atoms with Crippen molar-refractivity contribution >= 4 is 20.8 Å². The average Bonchev–Trinajstić information content (AvgIpc) is 3.35. The Bertz CT molecular complexity index is 1240. The first-order valence-corrected chi connectivity index (χ1v) is 14.5. The Hall–Kier alpha value is -1.75. The summed E-state index contributed by atoms with van der Waals surface area (Å²) >= 11 is 4.75. The minimum absolute atomic E-state index is 0.0476. The molecule has 1 fully saturated rings. The minimum atomic E-state index is -1.77. The fourth-order valence-electron chi connectivity index (χ4n) is 4.15. The van der Waals surface area contributed by atoms with Crippen molar-refractivity contribution in [3.8, 4) is 5.75 Å². The van der Waals surface area contributed by atoms with Crippen molar-refractivity contribution in [2.75, 3.05) is 13.7 Å². The van der Waals surface area contributed by atoms with Gasteiger partial charge in [-0.15, -0.1) is 0 Å². The minimum Gasteiger partial charge on any atom is -0.426 e. The average molecular weight is 591 g/mol. The monoisotopic (exact) mass is 590 g/mol. The van der Waals surface area contributed by atoms with Gasteiger partial charge in [0.25, 0.3) is 0 Å². The zero-order chi connectivity index (χ0) is 29.7. The molecule has 3 atom stereocenters. The summed E-state index contributed by atoms with van der Waals surface area (Å²) in [5.74, 6) is -0.519. The van der Waals surface area contributed by atoms with Crippen molar-refractivity contribution in [2.24, 2.45) is 0 Å². The highest BCUT2D eigenvalue weighted by molar-refractivity contribution is 7.71. The van der Waals surface area contributed by atoms with Crippen molar-refractivity contribution in [1.82, 2.24) is 9.55 Å². The van der Waals surface area contributed by atoms with Gasteiger partial charge in [-0.3, -0.25) is 18.6 Å². The molecule has 4 rings (SSSR count). The van der Waals surface area contributed by atoms with Gasteiger partial charge in [0.15, 0.2) is 5.82 Å². The van der Waals surface area contributed by atoms with Crippen LogP contribution in [-0.2, 0) is 31.2 Å². The maximum absolute atomic E-state index is 15.4. The molecule has 2 N–H and O–H groups in total. The van der Waals surface area contributed by atoms with Gasteiger partial charge in [0.2, 0.25) is 0 Å². The molecule has 0 radical (unpaired) electrons. The molecule has 0 saturated carbocycles. The highest BCUT2D eigenvalue weighted by Gasteiger charge is 2.36. The maximum Gasteiger partial charge on any atom is 0.397 e. The number of nitrogens with zero attached hydrogens (tertiary/aromatic N) is 1. The lowest BCUT2D eigenvalue weighted by atomic mass is 9.78. The molecule has 0 spiro atoms. The van der Waals surface area contributed by atoms with Crippen molar-refractivity contribution in [2.45, 2.75) is 98.0 Å². The van der Waals surface area contributed by atoms with Crippen LogP contribution in [0.3, 0.4) is 0 Å². The van der Waals surface area contributed by atoms with Crippen molar-refractivity contribution in [3.05, 3.63) is 55.7 Å². The molecule has 2 aromatic rings. The molecule has 1 aromatic heterocycles. The molecule has 0 aliphatic carbocycles. The van der Waals surface area contributed by atoms with Crippen LogP contribution in [-0.4, -0.2) is 34.5 Å². The number of fused-ring (bicyclic) bond motifs is 1. The van der Waals surface area contributed by atoms with E-state index < -0.39 is 26.3 Å². The molecule has 12 heteroatoms. The number of aromatic amines is 1. The molecule has 39 heavy (non-hydrogen) atoms. The standard InChI is InChI=1S/C24H31F2N2O5PS.C2H6.CH4O/c1-23(2,3)15-9-16(24(4,5)6)20-14(19(15)26)12-31-34(33-20)30-11-13-7-8-18(32-13)28-10-17(25)21(35)27-22(28)29;2*1-2/h9-10,13,18H,7-8,11-12H2,1-6H3,(H,27,29,35);1-2H3;2H,1H3. The summed E-state index contributed by atoms with van der Waals surface area (Å²) in [5, 5.41) is 7.00. The van der Waals surface area contributed by atoms with Crippen LogP contribution in [0.25, 0.3) is 0 Å². The number of aliphatic hydroxyl groups is 1. The number of hydrogen-bond donors (Lipinski definition) is 2. The van der Waals surface area contributed by atoms with Gasteiger partial charge in [0.05, 0.1) is 31.1 Å². The number of rotatable bonds is 4. The number of aliphatic hydroxyl groups excluding tert-OH is 1. The van der Waals surface area contributed by atoms with Gasteiger partial charge in [-0.05, 0) is 35.3 Å². The van der Waals surface area contributed by atoms with E-state index in [1.807, 2.05) is 40.7 Å². The number of aromatic nitrogens is 2. The fourth-order valence-corrected chi connectivity index (χ4v) is 5.35. The predicted octanol–water partition coefficient (Wildman–Crippen LogP) is 6.94. The molecule has 220 valence electrons. The predicted molar refractivity (Wildman–Crippen MR) is 151 cm³/mol. The third-order valence-electron chi connectivity index (χ3n) is 6.09. The number of halogens is 2. The number of ether oxygens (including phenoxy) is 1. The molecule has 0 bridgehead atoms. The molecule has 2 aliphatic heterocycles. The second-order valence-corrected chi connectivity index (χ2v) is 12.5. The summed E-state index contributed by atoms with van der Waals surface area (Å²) in [5.41, 5.74) is 0.747. The van der Waals surface area contributed by atoms with Gasteiger partial charge >= 0.3 is 14.3 Å². The second kappa shape index (κ2) is 13.7. The van der Waals surface area contributed by atoms with Crippen LogP contribution >= 0.6 is 20.8 Å². The smallest absolute Gasteiger partial charge is 0.397 e. The van der Waals surface area contributed by atoms with Crippen LogP contribution in [0.5, 0.6) is 5.75 Å². The van der Waals surface area contributed by atoms with Crippen LogP contribution < -0.4 is 10.2 Å². The zero-order valence-corrected chi connectivity index (χ0v) is 25.9. The number of nitrogens with one attached hydrogen (secondary N) is 1. The van der Waals surface area contributed by atoms with Gasteiger partial charge < -0.3 is 14.4 Å². The first-order valence-electron chi connectivity index (χ1n) is 13.0. The molecular weight excluding hydrogens is 549 g/mol. The van der Waals surface area contributed by atoms with Gasteiger partial charge in [-0.25, -0.2) is 13.6 Å². The van der Waals surface area contributed by atoms with E-state index in [0.717, 1.165) is 23.4 Å². The lowest BCUT2D eigenvalue weighted by molar-refractivity contribution is -0.0234. The summed E-state index contributed by atoms with van der Waals surface area (Å²) in [6.45, 7) is 16.3. The summed E-state index contributed by atoms with van der Waals surface area (Å²) in [6.07, 6.45) is 1.20. The van der Waals surface area contributed by atoms with Crippen LogP contribution in [0.2, 0.25) is 0 Å². The van der Waals surface area contributed by atoms with Gasteiger partial charge in [-0.2, -0.15) is 0 Å².